The van der Waals surface area contributed by atoms with E-state index >= 15 is 0 Å². The smallest absolute Gasteiger partial charge is 0.251 e. The largest absolute Gasteiger partial charge is 0.368 e. The summed E-state index contributed by atoms with van der Waals surface area (Å²) in [6.45, 7) is 5.67. The molecular formula is C17H27N5O2. The Morgan fingerprint density at radius 3 is 2.33 bits per heavy atom. The normalized spacial score (nSPS) is 11.2. The van der Waals surface area contributed by atoms with Crippen LogP contribution in [-0.4, -0.2) is 37.9 Å². The highest BCUT2D eigenvalue weighted by Gasteiger charge is 2.06. The number of hydrogen-bond donors (Lipinski definition) is 4. The number of benzene rings is 1. The van der Waals surface area contributed by atoms with Crippen LogP contribution < -0.4 is 21.7 Å². The summed E-state index contributed by atoms with van der Waals surface area (Å²) in [5.74, 6) is 0.503. The van der Waals surface area contributed by atoms with Gasteiger partial charge in [-0.05, 0) is 30.0 Å². The van der Waals surface area contributed by atoms with Crippen LogP contribution in [-0.2, 0) is 11.3 Å². The third-order valence-corrected chi connectivity index (χ3v) is 3.34. The molecule has 0 spiro atoms. The van der Waals surface area contributed by atoms with E-state index in [0.29, 0.717) is 18.0 Å². The van der Waals surface area contributed by atoms with Gasteiger partial charge in [0.25, 0.3) is 5.91 Å². The lowest BCUT2D eigenvalue weighted by atomic mass is 10.1. The van der Waals surface area contributed by atoms with Crippen molar-refractivity contribution in [1.82, 2.24) is 16.0 Å². The van der Waals surface area contributed by atoms with E-state index in [4.69, 9.17) is 5.73 Å². The zero-order valence-electron chi connectivity index (χ0n) is 14.6. The maximum absolute atomic E-state index is 11.8. The number of aliphatic imine (C=N–C) groups is 1. The van der Waals surface area contributed by atoms with Crippen molar-refractivity contribution in [3.63, 3.8) is 0 Å². The summed E-state index contributed by atoms with van der Waals surface area (Å²) in [6, 6.07) is 7.13. The van der Waals surface area contributed by atoms with Crippen molar-refractivity contribution in [1.29, 1.82) is 0 Å². The molecule has 7 nitrogen and oxygen atoms in total. The molecule has 0 radical (unpaired) electrons. The first-order valence-electron chi connectivity index (χ1n) is 8.02. The molecule has 0 saturated carbocycles. The number of nitrogens with zero attached hydrogens (tertiary/aromatic N) is 1. The summed E-state index contributed by atoms with van der Waals surface area (Å²) in [7, 11) is 1.73. The summed E-state index contributed by atoms with van der Waals surface area (Å²) in [5.41, 5.74) is 6.50. The number of rotatable bonds is 8. The van der Waals surface area contributed by atoms with Crippen LogP contribution in [0.3, 0.4) is 0 Å². The molecule has 0 bridgehead atoms. The molecule has 0 saturated heterocycles. The SMILES string of the molecule is CN=C(NCCC(C)C)NCc1ccc(C(=O)NCC(N)=O)cc1. The van der Waals surface area contributed by atoms with Crippen molar-refractivity contribution in [2.45, 2.75) is 26.8 Å². The van der Waals surface area contributed by atoms with Gasteiger partial charge in [-0.1, -0.05) is 26.0 Å². The molecular weight excluding hydrogens is 306 g/mol. The molecule has 0 aliphatic rings. The molecule has 0 fully saturated rings. The van der Waals surface area contributed by atoms with Crippen molar-refractivity contribution in [3.8, 4) is 0 Å². The van der Waals surface area contributed by atoms with Gasteiger partial charge in [-0.2, -0.15) is 0 Å². The second-order valence-electron chi connectivity index (χ2n) is 5.88. The molecule has 5 N–H and O–H groups in total. The summed E-state index contributed by atoms with van der Waals surface area (Å²) < 4.78 is 0. The zero-order valence-corrected chi connectivity index (χ0v) is 14.6. The summed E-state index contributed by atoms with van der Waals surface area (Å²) in [5, 5.41) is 8.94. The van der Waals surface area contributed by atoms with Crippen molar-refractivity contribution >= 4 is 17.8 Å². The standard InChI is InChI=1S/C17H27N5O2/c1-12(2)8-9-20-17(19-3)22-10-13-4-6-14(7-5-13)16(24)21-11-15(18)23/h4-7,12H,8-11H2,1-3H3,(H2,18,23)(H,21,24)(H2,19,20,22). The second kappa shape index (κ2) is 10.3. The van der Waals surface area contributed by atoms with Crippen molar-refractivity contribution in [2.75, 3.05) is 20.1 Å². The van der Waals surface area contributed by atoms with Crippen LogP contribution in [0.1, 0.15) is 36.2 Å². The molecule has 7 heteroatoms. The highest BCUT2D eigenvalue weighted by Crippen LogP contribution is 2.04. The van der Waals surface area contributed by atoms with Gasteiger partial charge in [-0.3, -0.25) is 14.6 Å². The van der Waals surface area contributed by atoms with Crippen LogP contribution in [0.2, 0.25) is 0 Å². The number of primary amides is 1. The predicted molar refractivity (Wildman–Crippen MR) is 95.6 cm³/mol. The van der Waals surface area contributed by atoms with Gasteiger partial charge in [0.15, 0.2) is 5.96 Å². The zero-order chi connectivity index (χ0) is 17.9. The second-order valence-corrected chi connectivity index (χ2v) is 5.88. The number of nitrogens with two attached hydrogens (primary N) is 1. The van der Waals surface area contributed by atoms with Gasteiger partial charge in [0.05, 0.1) is 6.54 Å². The fourth-order valence-corrected chi connectivity index (χ4v) is 1.93. The fourth-order valence-electron chi connectivity index (χ4n) is 1.93. The minimum Gasteiger partial charge on any atom is -0.368 e. The van der Waals surface area contributed by atoms with Crippen LogP contribution in [0.25, 0.3) is 0 Å². The van der Waals surface area contributed by atoms with Crippen LogP contribution >= 0.6 is 0 Å². The Bertz CT molecular complexity index is 567. The van der Waals surface area contributed by atoms with Crippen LogP contribution in [0, 0.1) is 5.92 Å². The van der Waals surface area contributed by atoms with Gasteiger partial charge < -0.3 is 21.7 Å². The number of hydrogen-bond acceptors (Lipinski definition) is 3. The number of carbonyl (C=O) groups excluding carboxylic acids is 2. The van der Waals surface area contributed by atoms with Crippen molar-refractivity contribution in [3.05, 3.63) is 35.4 Å². The molecule has 0 aliphatic carbocycles. The van der Waals surface area contributed by atoms with Gasteiger partial charge >= 0.3 is 0 Å². The Morgan fingerprint density at radius 1 is 1.12 bits per heavy atom. The topological polar surface area (TPSA) is 109 Å². The molecule has 0 heterocycles. The minimum absolute atomic E-state index is 0.166. The van der Waals surface area contributed by atoms with Gasteiger partial charge in [0, 0.05) is 25.7 Å². The average molecular weight is 333 g/mol. The molecule has 1 rings (SSSR count). The minimum atomic E-state index is -0.569. The van der Waals surface area contributed by atoms with E-state index in [0.717, 1.165) is 24.5 Å². The van der Waals surface area contributed by atoms with E-state index in [1.165, 1.54) is 0 Å². The van der Waals surface area contributed by atoms with Gasteiger partial charge in [-0.15, -0.1) is 0 Å². The molecule has 0 unspecified atom stereocenters. The van der Waals surface area contributed by atoms with Crippen molar-refractivity contribution in [2.24, 2.45) is 16.6 Å². The lowest BCUT2D eigenvalue weighted by Gasteiger charge is -2.13. The summed E-state index contributed by atoms with van der Waals surface area (Å²) >= 11 is 0. The van der Waals surface area contributed by atoms with Crippen LogP contribution in [0.15, 0.2) is 29.3 Å². The lowest BCUT2D eigenvalue weighted by molar-refractivity contribution is -0.117. The van der Waals surface area contributed by atoms with E-state index in [-0.39, 0.29) is 12.5 Å². The third-order valence-electron chi connectivity index (χ3n) is 3.34. The molecule has 0 atom stereocenters. The van der Waals surface area contributed by atoms with Crippen LogP contribution in [0.5, 0.6) is 0 Å². The first kappa shape index (κ1) is 19.5. The Morgan fingerprint density at radius 2 is 1.79 bits per heavy atom. The number of carbonyl (C=O) groups is 2. The van der Waals surface area contributed by atoms with E-state index in [9.17, 15) is 9.59 Å². The van der Waals surface area contributed by atoms with Gasteiger partial charge in [-0.25, -0.2) is 0 Å². The summed E-state index contributed by atoms with van der Waals surface area (Å²) in [6.07, 6.45) is 1.08. The monoisotopic (exact) mass is 333 g/mol. The highest BCUT2D eigenvalue weighted by molar-refractivity contribution is 5.96. The molecule has 0 aliphatic heterocycles. The van der Waals surface area contributed by atoms with Gasteiger partial charge in [0.2, 0.25) is 5.91 Å². The Balaban J connectivity index is 2.45. The molecule has 24 heavy (non-hydrogen) atoms. The first-order valence-corrected chi connectivity index (χ1v) is 8.02. The highest BCUT2D eigenvalue weighted by atomic mass is 16.2. The molecule has 1 aromatic carbocycles. The van der Waals surface area contributed by atoms with E-state index in [1.54, 1.807) is 19.2 Å². The van der Waals surface area contributed by atoms with Gasteiger partial charge in [0.1, 0.15) is 0 Å². The van der Waals surface area contributed by atoms with Crippen LogP contribution in [0.4, 0.5) is 0 Å². The maximum atomic E-state index is 11.8. The number of nitrogens with one attached hydrogen (secondary N) is 3. The maximum Gasteiger partial charge on any atom is 0.251 e. The molecule has 1 aromatic rings. The molecule has 132 valence electrons. The van der Waals surface area contributed by atoms with E-state index in [2.05, 4.69) is 34.8 Å². The molecule has 2 amide bonds. The van der Waals surface area contributed by atoms with E-state index in [1.807, 2.05) is 12.1 Å². The van der Waals surface area contributed by atoms with Crippen molar-refractivity contribution < 1.29 is 9.59 Å². The quantitative estimate of drug-likeness (QED) is 0.413. The Kier molecular flexibility index (Phi) is 8.32. The fraction of sp³-hybridized carbons (Fsp3) is 0.471. The molecule has 0 aromatic heterocycles. The Labute approximate surface area is 143 Å². The average Bonchev–Trinajstić information content (AvgIpc) is 2.55. The summed E-state index contributed by atoms with van der Waals surface area (Å²) in [4.78, 5) is 26.6. The predicted octanol–water partition coefficient (Wildman–Crippen LogP) is 0.613. The lowest BCUT2D eigenvalue weighted by Crippen LogP contribution is -2.37. The first-order chi connectivity index (χ1) is 11.4. The third kappa shape index (κ3) is 7.62. The number of guanidine groups is 1. The number of amides is 2. The van der Waals surface area contributed by atoms with E-state index < -0.39 is 5.91 Å². The Hall–Kier alpha value is -2.57.